The van der Waals surface area contributed by atoms with Crippen molar-refractivity contribution in [3.05, 3.63) is 35.9 Å². The average molecular weight is 201 g/mol. The van der Waals surface area contributed by atoms with Gasteiger partial charge in [-0.2, -0.15) is 18.4 Å². The fourth-order valence-corrected chi connectivity index (χ4v) is 0.971. The van der Waals surface area contributed by atoms with Crippen LogP contribution in [0.3, 0.4) is 0 Å². The lowest BCUT2D eigenvalue weighted by molar-refractivity contribution is -0.241. The first-order valence-corrected chi connectivity index (χ1v) is 3.67. The van der Waals surface area contributed by atoms with E-state index in [2.05, 4.69) is 0 Å². The molecule has 0 saturated carbocycles. The number of nitrogens with zero attached hydrogens (tertiary/aromatic N) is 1. The highest BCUT2D eigenvalue weighted by molar-refractivity contribution is 5.30. The maximum absolute atomic E-state index is 12.3. The normalized spacial score (nSPS) is 15.6. The van der Waals surface area contributed by atoms with E-state index in [1.165, 1.54) is 18.2 Å². The number of nitriles is 1. The van der Waals surface area contributed by atoms with E-state index in [-0.39, 0.29) is 0 Å². The van der Waals surface area contributed by atoms with Gasteiger partial charge in [-0.15, -0.1) is 0 Å². The van der Waals surface area contributed by atoms with Gasteiger partial charge in [0.15, 0.2) is 0 Å². The lowest BCUT2D eigenvalue weighted by Gasteiger charge is -2.23. The van der Waals surface area contributed by atoms with Crippen LogP contribution in [0, 0.1) is 11.3 Å². The highest BCUT2D eigenvalue weighted by Gasteiger charge is 2.55. The van der Waals surface area contributed by atoms with Crippen LogP contribution in [-0.4, -0.2) is 11.3 Å². The Kier molecular flexibility index (Phi) is 2.49. The summed E-state index contributed by atoms with van der Waals surface area (Å²) in [5.74, 6) is 0. The van der Waals surface area contributed by atoms with Crippen LogP contribution in [0.1, 0.15) is 5.56 Å². The third kappa shape index (κ3) is 1.56. The Labute approximate surface area is 78.2 Å². The summed E-state index contributed by atoms with van der Waals surface area (Å²) < 4.78 is 37.0. The number of halogens is 3. The van der Waals surface area contributed by atoms with Crippen molar-refractivity contribution in [2.24, 2.45) is 0 Å². The van der Waals surface area contributed by atoms with Crippen molar-refractivity contribution < 1.29 is 18.3 Å². The molecule has 0 radical (unpaired) electrons. The van der Waals surface area contributed by atoms with Gasteiger partial charge in [0.25, 0.3) is 5.60 Å². The van der Waals surface area contributed by atoms with Crippen molar-refractivity contribution in [1.82, 2.24) is 0 Å². The molecule has 0 unspecified atom stereocenters. The minimum atomic E-state index is -5.00. The Morgan fingerprint density at radius 3 is 2.00 bits per heavy atom. The Balaban J connectivity index is 3.25. The molecule has 0 saturated heterocycles. The predicted octanol–water partition coefficient (Wildman–Crippen LogP) is 1.96. The Morgan fingerprint density at radius 1 is 1.14 bits per heavy atom. The van der Waals surface area contributed by atoms with Crippen LogP contribution in [0.25, 0.3) is 0 Å². The van der Waals surface area contributed by atoms with E-state index in [0.29, 0.717) is 0 Å². The van der Waals surface area contributed by atoms with E-state index >= 15 is 0 Å². The molecule has 0 spiro atoms. The van der Waals surface area contributed by atoms with Crippen molar-refractivity contribution in [3.8, 4) is 6.07 Å². The van der Waals surface area contributed by atoms with Crippen molar-refractivity contribution in [2.75, 3.05) is 0 Å². The minimum Gasteiger partial charge on any atom is -0.365 e. The summed E-state index contributed by atoms with van der Waals surface area (Å²) in [5, 5.41) is 17.5. The number of alkyl halides is 3. The number of rotatable bonds is 1. The monoisotopic (exact) mass is 201 g/mol. The molecule has 0 bridgehead atoms. The molecular weight excluding hydrogens is 195 g/mol. The van der Waals surface area contributed by atoms with E-state index < -0.39 is 17.3 Å². The minimum absolute atomic E-state index is 0.477. The smallest absolute Gasteiger partial charge is 0.365 e. The highest BCUT2D eigenvalue weighted by atomic mass is 19.4. The van der Waals surface area contributed by atoms with Crippen molar-refractivity contribution in [1.29, 1.82) is 5.26 Å². The van der Waals surface area contributed by atoms with Crippen molar-refractivity contribution in [2.45, 2.75) is 11.8 Å². The Bertz CT molecular complexity index is 355. The van der Waals surface area contributed by atoms with Gasteiger partial charge in [-0.05, 0) is 0 Å². The molecule has 1 rings (SSSR count). The number of aliphatic hydroxyl groups is 1. The third-order valence-electron chi connectivity index (χ3n) is 1.76. The van der Waals surface area contributed by atoms with Crippen LogP contribution in [0.15, 0.2) is 30.3 Å². The van der Waals surface area contributed by atoms with Gasteiger partial charge in [-0.3, -0.25) is 0 Å². The quantitative estimate of drug-likeness (QED) is 0.706. The number of benzene rings is 1. The second-order valence-electron chi connectivity index (χ2n) is 2.69. The molecule has 0 aromatic heterocycles. The molecule has 2 nitrogen and oxygen atoms in total. The molecule has 0 fully saturated rings. The zero-order valence-corrected chi connectivity index (χ0v) is 6.92. The topological polar surface area (TPSA) is 44.0 Å². The molecule has 1 N–H and O–H groups in total. The molecule has 0 aliphatic carbocycles. The Morgan fingerprint density at radius 2 is 1.64 bits per heavy atom. The largest absolute Gasteiger partial charge is 0.435 e. The van der Waals surface area contributed by atoms with E-state index in [1.54, 1.807) is 0 Å². The van der Waals surface area contributed by atoms with Crippen LogP contribution in [-0.2, 0) is 5.60 Å². The standard InChI is InChI=1S/C9H6F3NO/c10-9(11,12)8(14,6-13)7-4-2-1-3-5-7/h1-5,14H/t8-/m1/s1. The van der Waals surface area contributed by atoms with Crippen molar-refractivity contribution >= 4 is 0 Å². The summed E-state index contributed by atoms with van der Waals surface area (Å²) in [6.45, 7) is 0. The maximum Gasteiger partial charge on any atom is 0.435 e. The van der Waals surface area contributed by atoms with E-state index in [9.17, 15) is 13.2 Å². The SMILES string of the molecule is N#C[C@@](O)(c1ccccc1)C(F)(F)F. The second-order valence-corrected chi connectivity index (χ2v) is 2.69. The Hall–Kier alpha value is -1.54. The molecular formula is C9H6F3NO. The van der Waals surface area contributed by atoms with Crippen LogP contribution >= 0.6 is 0 Å². The summed E-state index contributed by atoms with van der Waals surface area (Å²) in [6.07, 6.45) is -5.00. The van der Waals surface area contributed by atoms with Gasteiger partial charge in [0.2, 0.25) is 0 Å². The molecule has 0 heterocycles. The molecule has 1 aromatic rings. The summed E-state index contributed by atoms with van der Waals surface area (Å²) in [4.78, 5) is 0. The van der Waals surface area contributed by atoms with Crippen LogP contribution in [0.5, 0.6) is 0 Å². The molecule has 1 atom stereocenters. The van der Waals surface area contributed by atoms with Gasteiger partial charge in [-0.25, -0.2) is 0 Å². The second kappa shape index (κ2) is 3.31. The first-order valence-electron chi connectivity index (χ1n) is 3.67. The van der Waals surface area contributed by atoms with Gasteiger partial charge in [0.1, 0.15) is 6.07 Å². The molecule has 0 aliphatic heterocycles. The van der Waals surface area contributed by atoms with Gasteiger partial charge in [-0.1, -0.05) is 30.3 Å². The number of hydrogen-bond donors (Lipinski definition) is 1. The van der Waals surface area contributed by atoms with Crippen molar-refractivity contribution in [3.63, 3.8) is 0 Å². The van der Waals surface area contributed by atoms with Gasteiger partial charge >= 0.3 is 6.18 Å². The van der Waals surface area contributed by atoms with E-state index in [1.807, 2.05) is 0 Å². The fraction of sp³-hybridized carbons (Fsp3) is 0.222. The van der Waals surface area contributed by atoms with Gasteiger partial charge in [0, 0.05) is 5.56 Å². The highest BCUT2D eigenvalue weighted by Crippen LogP contribution is 2.37. The molecule has 74 valence electrons. The first-order chi connectivity index (χ1) is 6.42. The van der Waals surface area contributed by atoms with E-state index in [0.717, 1.165) is 18.2 Å². The van der Waals surface area contributed by atoms with Crippen LogP contribution < -0.4 is 0 Å². The average Bonchev–Trinajstić information content (AvgIpc) is 2.16. The maximum atomic E-state index is 12.3. The van der Waals surface area contributed by atoms with Gasteiger partial charge in [0.05, 0.1) is 0 Å². The summed E-state index contributed by atoms with van der Waals surface area (Å²) in [5.41, 5.74) is -3.90. The summed E-state index contributed by atoms with van der Waals surface area (Å²) in [7, 11) is 0. The number of hydrogen-bond acceptors (Lipinski definition) is 2. The summed E-state index contributed by atoms with van der Waals surface area (Å²) >= 11 is 0. The van der Waals surface area contributed by atoms with Crippen LogP contribution in [0.2, 0.25) is 0 Å². The molecule has 14 heavy (non-hydrogen) atoms. The molecule has 0 aliphatic rings. The third-order valence-corrected chi connectivity index (χ3v) is 1.76. The molecule has 0 amide bonds. The van der Waals surface area contributed by atoms with Crippen LogP contribution in [0.4, 0.5) is 13.2 Å². The zero-order chi connectivity index (χ0) is 10.8. The first kappa shape index (κ1) is 10.5. The molecule has 5 heteroatoms. The zero-order valence-electron chi connectivity index (χ0n) is 6.92. The van der Waals surface area contributed by atoms with E-state index in [4.69, 9.17) is 10.4 Å². The predicted molar refractivity (Wildman–Crippen MR) is 42.0 cm³/mol. The fourth-order valence-electron chi connectivity index (χ4n) is 0.971. The van der Waals surface area contributed by atoms with Gasteiger partial charge < -0.3 is 5.11 Å². The lowest BCUT2D eigenvalue weighted by atomic mass is 9.95. The molecule has 1 aromatic carbocycles. The summed E-state index contributed by atoms with van der Waals surface area (Å²) in [6, 6.07) is 7.11. The lowest BCUT2D eigenvalue weighted by Crippen LogP contribution is -2.40.